The van der Waals surface area contributed by atoms with Crippen LogP contribution in [0, 0.1) is 13.8 Å². The van der Waals surface area contributed by atoms with Gasteiger partial charge in [0.05, 0.1) is 64.4 Å². The highest BCUT2D eigenvalue weighted by atomic mass is 16.3. The van der Waals surface area contributed by atoms with Gasteiger partial charge in [0, 0.05) is 23.6 Å². The van der Waals surface area contributed by atoms with E-state index < -0.39 is 5.54 Å². The molecule has 0 unspecified atom stereocenters. The van der Waals surface area contributed by atoms with Gasteiger partial charge in [0.2, 0.25) is 0 Å². The number of aliphatic imine (C=N–C) groups is 2. The molecule has 6 heteroatoms. The summed E-state index contributed by atoms with van der Waals surface area (Å²) in [7, 11) is 0. The molecule has 6 nitrogen and oxygen atoms in total. The standard InChI is InChI=1S/C60H106N4O2/c1-13-21-31-52(32-22-14-2)55-44-51(10)59(66)57(46-55)48-62-60(11,12)49-61-47-56-45-54(43-50(9)58(56)65)53(33-29-41-63(35-23-15-3,36-24-16-4)37-25-17-5)34-30-42-64(38-26-18-6,39-27-19-7)40-28-20-8/h43-48,52-53H,13-42,49H2,1-12H3/p+2. The molecule has 2 N–H and O–H groups in total. The molecule has 0 aliphatic heterocycles. The second-order valence-corrected chi connectivity index (χ2v) is 21.6. The Labute approximate surface area is 409 Å². The third-order valence-electron chi connectivity index (χ3n) is 15.0. The molecule has 378 valence electrons. The van der Waals surface area contributed by atoms with Crippen molar-refractivity contribution >= 4 is 12.4 Å². The zero-order valence-corrected chi connectivity index (χ0v) is 45.7. The Morgan fingerprint density at radius 3 is 1.09 bits per heavy atom. The Kier molecular flexibility index (Phi) is 29.7. The molecule has 0 fully saturated rings. The zero-order valence-electron chi connectivity index (χ0n) is 45.7. The number of quaternary nitrogens is 2. The number of phenols is 2. The number of unbranched alkanes of at least 4 members (excludes halogenated alkanes) is 8. The van der Waals surface area contributed by atoms with Gasteiger partial charge in [-0.2, -0.15) is 0 Å². The molecule has 0 radical (unpaired) electrons. The molecule has 0 aromatic heterocycles. The summed E-state index contributed by atoms with van der Waals surface area (Å²) < 4.78 is 2.59. The van der Waals surface area contributed by atoms with Crippen LogP contribution in [0.5, 0.6) is 11.5 Å². The maximum Gasteiger partial charge on any atom is 0.127 e. The van der Waals surface area contributed by atoms with E-state index in [0.717, 1.165) is 22.3 Å². The van der Waals surface area contributed by atoms with Gasteiger partial charge in [0.15, 0.2) is 0 Å². The fraction of sp³-hybridized carbons (Fsp3) is 0.767. The normalized spacial score (nSPS) is 12.9. The smallest absolute Gasteiger partial charge is 0.127 e. The summed E-state index contributed by atoms with van der Waals surface area (Å²) in [6.45, 7) is 37.9. The lowest BCUT2D eigenvalue weighted by Gasteiger charge is -2.40. The Morgan fingerprint density at radius 1 is 0.455 bits per heavy atom. The van der Waals surface area contributed by atoms with Crippen molar-refractivity contribution < 1.29 is 19.2 Å². The summed E-state index contributed by atoms with van der Waals surface area (Å²) in [5, 5.41) is 22.7. The number of rotatable bonds is 39. The molecule has 0 saturated carbocycles. The maximum atomic E-state index is 11.5. The molecular formula is C60H108N4O2+2. The molecule has 0 spiro atoms. The Hall–Kier alpha value is -2.70. The highest BCUT2D eigenvalue weighted by Gasteiger charge is 2.29. The molecule has 0 bridgehead atoms. The monoisotopic (exact) mass is 917 g/mol. The van der Waals surface area contributed by atoms with Gasteiger partial charge >= 0.3 is 0 Å². The van der Waals surface area contributed by atoms with Crippen LogP contribution < -0.4 is 0 Å². The zero-order chi connectivity index (χ0) is 48.9. The summed E-state index contributed by atoms with van der Waals surface area (Å²) >= 11 is 0. The van der Waals surface area contributed by atoms with Crippen LogP contribution in [0.15, 0.2) is 34.3 Å². The lowest BCUT2D eigenvalue weighted by molar-refractivity contribution is -0.929. The highest BCUT2D eigenvalue weighted by molar-refractivity contribution is 5.85. The minimum absolute atomic E-state index is 0.318. The molecule has 0 amide bonds. The van der Waals surface area contributed by atoms with Crippen molar-refractivity contribution in [1.29, 1.82) is 0 Å². The van der Waals surface area contributed by atoms with E-state index >= 15 is 0 Å². The van der Waals surface area contributed by atoms with Gasteiger partial charge in [-0.05, 0) is 151 Å². The molecule has 0 aliphatic rings. The molecular weight excluding hydrogens is 809 g/mol. The third-order valence-corrected chi connectivity index (χ3v) is 15.0. The number of nitrogens with zero attached hydrogens (tertiary/aromatic N) is 4. The van der Waals surface area contributed by atoms with E-state index in [4.69, 9.17) is 9.98 Å². The van der Waals surface area contributed by atoms with E-state index in [1.807, 2.05) is 19.4 Å². The lowest BCUT2D eigenvalue weighted by Crippen LogP contribution is -2.51. The number of aryl methyl sites for hydroxylation is 2. The molecule has 0 saturated heterocycles. The predicted molar refractivity (Wildman–Crippen MR) is 292 cm³/mol. The molecule has 2 aromatic carbocycles. The minimum Gasteiger partial charge on any atom is -0.507 e. The van der Waals surface area contributed by atoms with E-state index in [0.29, 0.717) is 29.9 Å². The third kappa shape index (κ3) is 21.3. The largest absolute Gasteiger partial charge is 0.507 e. The minimum atomic E-state index is -0.488. The summed E-state index contributed by atoms with van der Waals surface area (Å²) in [6, 6.07) is 8.93. The first-order chi connectivity index (χ1) is 31.7. The van der Waals surface area contributed by atoms with Crippen LogP contribution in [0.1, 0.15) is 256 Å². The number of phenolic OH excluding ortho intramolecular Hbond substituents is 2. The molecule has 2 aromatic rings. The number of aromatic hydroxyl groups is 2. The van der Waals surface area contributed by atoms with Crippen molar-refractivity contribution in [2.24, 2.45) is 9.98 Å². The van der Waals surface area contributed by atoms with Gasteiger partial charge in [-0.25, -0.2) is 0 Å². The first-order valence-electron chi connectivity index (χ1n) is 28.1. The Morgan fingerprint density at radius 2 is 0.758 bits per heavy atom. The molecule has 66 heavy (non-hydrogen) atoms. The van der Waals surface area contributed by atoms with E-state index in [2.05, 4.69) is 100 Å². The van der Waals surface area contributed by atoms with Gasteiger partial charge in [-0.1, -0.05) is 132 Å². The second-order valence-electron chi connectivity index (χ2n) is 21.6. The van der Waals surface area contributed by atoms with Crippen LogP contribution >= 0.6 is 0 Å². The van der Waals surface area contributed by atoms with Crippen molar-refractivity contribution in [1.82, 2.24) is 0 Å². The van der Waals surface area contributed by atoms with Gasteiger partial charge in [0.25, 0.3) is 0 Å². The van der Waals surface area contributed by atoms with Gasteiger partial charge in [-0.15, -0.1) is 0 Å². The first kappa shape index (κ1) is 59.4. The van der Waals surface area contributed by atoms with Gasteiger partial charge in [0.1, 0.15) is 11.5 Å². The average Bonchev–Trinajstić information content (AvgIpc) is 3.30. The fourth-order valence-corrected chi connectivity index (χ4v) is 10.5. The number of hydrogen-bond acceptors (Lipinski definition) is 4. The molecule has 0 atom stereocenters. The van der Waals surface area contributed by atoms with Crippen LogP contribution in [0.3, 0.4) is 0 Å². The van der Waals surface area contributed by atoms with E-state index in [1.54, 1.807) is 0 Å². The van der Waals surface area contributed by atoms with Crippen molar-refractivity contribution in [3.05, 3.63) is 57.6 Å². The first-order valence-corrected chi connectivity index (χ1v) is 28.1. The van der Waals surface area contributed by atoms with Crippen molar-refractivity contribution in [3.63, 3.8) is 0 Å². The quantitative estimate of drug-likeness (QED) is 0.0518. The van der Waals surface area contributed by atoms with Crippen molar-refractivity contribution in [2.75, 3.05) is 58.9 Å². The molecule has 2 rings (SSSR count). The van der Waals surface area contributed by atoms with Crippen LogP contribution in [-0.4, -0.2) is 96.1 Å². The maximum absolute atomic E-state index is 11.5. The van der Waals surface area contributed by atoms with Crippen LogP contribution in [0.2, 0.25) is 0 Å². The topological polar surface area (TPSA) is 65.2 Å². The van der Waals surface area contributed by atoms with Crippen LogP contribution in [-0.2, 0) is 0 Å². The van der Waals surface area contributed by atoms with Gasteiger partial charge in [-0.3, -0.25) is 9.98 Å². The van der Waals surface area contributed by atoms with Crippen molar-refractivity contribution in [2.45, 2.75) is 242 Å². The summed E-state index contributed by atoms with van der Waals surface area (Å²) in [4.78, 5) is 10.00. The average molecular weight is 918 g/mol. The van der Waals surface area contributed by atoms with E-state index in [-0.39, 0.29) is 0 Å². The summed E-state index contributed by atoms with van der Waals surface area (Å²) in [5.74, 6) is 1.61. The summed E-state index contributed by atoms with van der Waals surface area (Å²) in [6.07, 6.45) is 31.4. The lowest BCUT2D eigenvalue weighted by atomic mass is 9.87. The van der Waals surface area contributed by atoms with Gasteiger partial charge < -0.3 is 19.2 Å². The Bertz CT molecular complexity index is 1560. The van der Waals surface area contributed by atoms with Crippen LogP contribution in [0.4, 0.5) is 0 Å². The highest BCUT2D eigenvalue weighted by Crippen LogP contribution is 2.35. The predicted octanol–water partition coefficient (Wildman–Crippen LogP) is 16.6. The van der Waals surface area contributed by atoms with Crippen molar-refractivity contribution in [3.8, 4) is 11.5 Å². The molecule has 0 aliphatic carbocycles. The molecule has 0 heterocycles. The van der Waals surface area contributed by atoms with E-state index in [9.17, 15) is 10.2 Å². The number of hydrogen-bond donors (Lipinski definition) is 2. The Balaban J connectivity index is 2.49. The van der Waals surface area contributed by atoms with Crippen LogP contribution in [0.25, 0.3) is 0 Å². The number of benzene rings is 2. The SMILES string of the molecule is CCCCC(CCCC)c1cc(C)c(O)c(C=NC(C)(C)CN=Cc2cc(C(CCC[N+](CCCC)(CCCC)CCCC)CCC[N+](CCCC)(CCCC)CCCC)cc(C)c2O)c1. The van der Waals surface area contributed by atoms with E-state index in [1.165, 1.54) is 214 Å². The second kappa shape index (κ2) is 32.9. The fourth-order valence-electron chi connectivity index (χ4n) is 10.5. The summed E-state index contributed by atoms with van der Waals surface area (Å²) in [5.41, 5.74) is 5.67.